The molecule has 0 aliphatic heterocycles. The van der Waals surface area contributed by atoms with Gasteiger partial charge in [0.25, 0.3) is 0 Å². The topological polar surface area (TPSA) is 66.1 Å². The molecule has 0 radical (unpaired) electrons. The van der Waals surface area contributed by atoms with Crippen LogP contribution in [0.5, 0.6) is 0 Å². The Hall–Kier alpha value is -3.29. The highest BCUT2D eigenvalue weighted by Crippen LogP contribution is 2.33. The first-order valence-electron chi connectivity index (χ1n) is 10.0. The summed E-state index contributed by atoms with van der Waals surface area (Å²) in [6.45, 7) is 2.03. The van der Waals surface area contributed by atoms with E-state index in [9.17, 15) is 8.42 Å². The van der Waals surface area contributed by atoms with Gasteiger partial charge in [-0.3, -0.25) is 4.98 Å². The number of fused-ring (bicyclic) bond motifs is 1. The highest BCUT2D eigenvalue weighted by Gasteiger charge is 2.29. The van der Waals surface area contributed by atoms with Crippen LogP contribution in [0.4, 0.5) is 0 Å². The molecule has 7 heteroatoms. The fourth-order valence-electron chi connectivity index (χ4n) is 3.82. The van der Waals surface area contributed by atoms with E-state index in [1.165, 1.54) is 3.97 Å². The van der Waals surface area contributed by atoms with Crippen LogP contribution < -0.4 is 4.98 Å². The van der Waals surface area contributed by atoms with Crippen LogP contribution in [0.15, 0.2) is 101 Å². The zero-order chi connectivity index (χ0) is 22.3. The Morgan fingerprint density at radius 2 is 1.66 bits per heavy atom. The second kappa shape index (κ2) is 8.00. The molecule has 158 valence electrons. The number of halogens is 1. The first-order valence-corrected chi connectivity index (χ1v) is 12.2. The van der Waals surface area contributed by atoms with Gasteiger partial charge in [0.05, 0.1) is 15.6 Å². The Kier molecular flexibility index (Phi) is 5.15. The van der Waals surface area contributed by atoms with E-state index in [-0.39, 0.29) is 4.90 Å². The number of aryl methyl sites for hydroxylation is 1. The van der Waals surface area contributed by atoms with E-state index in [1.54, 1.807) is 48.9 Å². The fourth-order valence-corrected chi connectivity index (χ4v) is 5.53. The molecule has 0 amide bonds. The van der Waals surface area contributed by atoms with E-state index >= 15 is 0 Å². The minimum Gasteiger partial charge on any atom is -0.256 e. The van der Waals surface area contributed by atoms with Crippen LogP contribution in [0.1, 0.15) is 5.56 Å². The van der Waals surface area contributed by atoms with Crippen LogP contribution in [0.25, 0.3) is 33.4 Å². The Bertz CT molecular complexity index is 1540. The number of hydrogen-bond donors (Lipinski definition) is 0. The highest BCUT2D eigenvalue weighted by molar-refractivity contribution is 9.10. The van der Waals surface area contributed by atoms with Crippen molar-refractivity contribution in [1.29, 1.82) is 0 Å². The number of aromatic nitrogens is 3. The molecule has 3 heterocycles. The molecule has 0 fully saturated rings. The number of aromatic amines is 1. The van der Waals surface area contributed by atoms with Gasteiger partial charge in [-0.05, 0) is 58.2 Å². The molecule has 0 spiro atoms. The molecule has 0 aliphatic carbocycles. The molecule has 0 saturated heterocycles. The first-order chi connectivity index (χ1) is 15.4. The second-order valence-corrected chi connectivity index (χ2v) is 10.2. The summed E-state index contributed by atoms with van der Waals surface area (Å²) >= 11 is 3.50. The number of hydrogen-bond acceptors (Lipinski definition) is 3. The van der Waals surface area contributed by atoms with Crippen LogP contribution in [0.2, 0.25) is 0 Å². The lowest BCUT2D eigenvalue weighted by Gasteiger charge is -2.05. The van der Waals surface area contributed by atoms with Crippen molar-refractivity contribution in [3.8, 4) is 22.4 Å². The summed E-state index contributed by atoms with van der Waals surface area (Å²) in [5.74, 6) is 0. The molecule has 32 heavy (non-hydrogen) atoms. The summed E-state index contributed by atoms with van der Waals surface area (Å²) in [5, 5.41) is 0.806. The summed E-state index contributed by atoms with van der Waals surface area (Å²) in [6, 6.07) is 22.3. The van der Waals surface area contributed by atoms with Gasteiger partial charge >= 0.3 is 15.7 Å². The van der Waals surface area contributed by atoms with Gasteiger partial charge in [-0.2, -0.15) is 8.42 Å². The molecule has 5 nitrogen and oxygen atoms in total. The average Bonchev–Trinajstić information content (AvgIpc) is 3.19. The quantitative estimate of drug-likeness (QED) is 0.324. The van der Waals surface area contributed by atoms with Crippen LogP contribution in [-0.2, 0) is 10.0 Å². The van der Waals surface area contributed by atoms with Gasteiger partial charge in [-0.15, -0.1) is 3.97 Å². The molecular formula is C25H19BrN3O2S+. The van der Waals surface area contributed by atoms with E-state index < -0.39 is 10.0 Å². The summed E-state index contributed by atoms with van der Waals surface area (Å²) in [4.78, 5) is 7.85. The predicted molar refractivity (Wildman–Crippen MR) is 129 cm³/mol. The van der Waals surface area contributed by atoms with Crippen molar-refractivity contribution in [2.24, 2.45) is 0 Å². The number of nitrogens with zero attached hydrogens (tertiary/aromatic N) is 2. The Balaban J connectivity index is 1.67. The van der Waals surface area contributed by atoms with Gasteiger partial charge in [0.1, 0.15) is 17.3 Å². The van der Waals surface area contributed by atoms with Crippen molar-refractivity contribution >= 4 is 37.0 Å². The SMILES string of the molecule is Cc1cccnc1-c1ccc(-c2cn(S(=O)(=O)c3ccccc3)c3[nH+]cc(Br)cc23)cc1. The normalized spacial score (nSPS) is 11.7. The second-order valence-electron chi connectivity index (χ2n) is 7.48. The molecule has 0 aliphatic rings. The fraction of sp³-hybridized carbons (Fsp3) is 0.0400. The van der Waals surface area contributed by atoms with Gasteiger partial charge in [0.2, 0.25) is 0 Å². The molecule has 5 rings (SSSR count). The van der Waals surface area contributed by atoms with Crippen molar-refractivity contribution in [2.75, 3.05) is 0 Å². The maximum absolute atomic E-state index is 13.4. The number of rotatable bonds is 4. The van der Waals surface area contributed by atoms with Gasteiger partial charge in [0, 0.05) is 17.3 Å². The number of benzene rings is 2. The van der Waals surface area contributed by atoms with Crippen molar-refractivity contribution in [2.45, 2.75) is 11.8 Å². The smallest absolute Gasteiger partial charge is 0.256 e. The third kappa shape index (κ3) is 3.53. The van der Waals surface area contributed by atoms with Crippen molar-refractivity contribution in [3.05, 3.63) is 101 Å². The summed E-state index contributed by atoms with van der Waals surface area (Å²) in [6.07, 6.45) is 5.19. The molecule has 5 aromatic rings. The summed E-state index contributed by atoms with van der Waals surface area (Å²) in [7, 11) is -3.76. The molecule has 3 aromatic heterocycles. The van der Waals surface area contributed by atoms with E-state index in [1.807, 2.05) is 49.4 Å². The van der Waals surface area contributed by atoms with E-state index in [0.717, 1.165) is 37.8 Å². The Labute approximate surface area is 194 Å². The van der Waals surface area contributed by atoms with Gasteiger partial charge in [-0.25, -0.2) is 4.98 Å². The molecule has 2 aromatic carbocycles. The van der Waals surface area contributed by atoms with Gasteiger partial charge < -0.3 is 0 Å². The van der Waals surface area contributed by atoms with E-state index in [2.05, 4.69) is 25.9 Å². The van der Waals surface area contributed by atoms with Crippen LogP contribution in [-0.4, -0.2) is 17.4 Å². The molecule has 0 bridgehead atoms. The maximum atomic E-state index is 13.4. The van der Waals surface area contributed by atoms with Crippen molar-refractivity contribution in [1.82, 2.24) is 8.96 Å². The van der Waals surface area contributed by atoms with Crippen LogP contribution >= 0.6 is 15.9 Å². The predicted octanol–water partition coefficient (Wildman–Crippen LogP) is 5.49. The lowest BCUT2D eigenvalue weighted by molar-refractivity contribution is -0.348. The van der Waals surface area contributed by atoms with Crippen molar-refractivity contribution in [3.63, 3.8) is 0 Å². The molecule has 0 unspecified atom stereocenters. The Morgan fingerprint density at radius 3 is 2.38 bits per heavy atom. The zero-order valence-corrected chi connectivity index (χ0v) is 19.6. The zero-order valence-electron chi connectivity index (χ0n) is 17.2. The highest BCUT2D eigenvalue weighted by atomic mass is 79.9. The summed E-state index contributed by atoms with van der Waals surface area (Å²) < 4.78 is 28.9. The van der Waals surface area contributed by atoms with Crippen LogP contribution in [0, 0.1) is 6.92 Å². The third-order valence-electron chi connectivity index (χ3n) is 5.42. The Morgan fingerprint density at radius 1 is 0.938 bits per heavy atom. The van der Waals surface area contributed by atoms with Gasteiger partial charge in [-0.1, -0.05) is 48.5 Å². The minimum atomic E-state index is -3.76. The average molecular weight is 505 g/mol. The van der Waals surface area contributed by atoms with Crippen LogP contribution in [0.3, 0.4) is 0 Å². The minimum absolute atomic E-state index is 0.237. The first kappa shape index (κ1) is 20.6. The summed E-state index contributed by atoms with van der Waals surface area (Å²) in [5.41, 5.74) is 5.30. The maximum Gasteiger partial charge on any atom is 0.335 e. The van der Waals surface area contributed by atoms with Gasteiger partial charge in [0.15, 0.2) is 0 Å². The lowest BCUT2D eigenvalue weighted by atomic mass is 10.0. The lowest BCUT2D eigenvalue weighted by Crippen LogP contribution is -2.17. The van der Waals surface area contributed by atoms with E-state index in [0.29, 0.717) is 5.65 Å². The number of H-pyrrole nitrogens is 1. The monoisotopic (exact) mass is 504 g/mol. The largest absolute Gasteiger partial charge is 0.335 e. The molecular weight excluding hydrogens is 486 g/mol. The standard InChI is InChI=1S/C25H18BrN3O2S/c1-17-6-5-13-27-24(17)19-11-9-18(10-12-19)23-16-29(25-22(23)14-20(26)15-28-25)32(30,31)21-7-3-2-4-8-21/h2-16H,1H3/p+1. The van der Waals surface area contributed by atoms with E-state index in [4.69, 9.17) is 0 Å². The van der Waals surface area contributed by atoms with Crippen molar-refractivity contribution < 1.29 is 13.4 Å². The third-order valence-corrected chi connectivity index (χ3v) is 7.55. The number of pyridine rings is 2. The molecule has 0 saturated carbocycles. The molecule has 0 atom stereocenters. The number of nitrogens with one attached hydrogen (secondary N) is 1. The molecule has 1 N–H and O–H groups in total.